The molecule has 0 saturated heterocycles. The Labute approximate surface area is 134 Å². The lowest BCUT2D eigenvalue weighted by molar-refractivity contribution is 0.105. The topological polar surface area (TPSA) is 23.5 Å². The second kappa shape index (κ2) is 5.26. The van der Waals surface area contributed by atoms with Crippen LogP contribution in [-0.4, -0.2) is 29.1 Å². The van der Waals surface area contributed by atoms with Crippen LogP contribution >= 0.6 is 0 Å². The van der Waals surface area contributed by atoms with Gasteiger partial charge in [0.2, 0.25) is 0 Å². The summed E-state index contributed by atoms with van der Waals surface area (Å²) in [6.45, 7) is 7.39. The molecule has 0 amide bonds. The highest BCUT2D eigenvalue weighted by Gasteiger charge is 2.42. The van der Waals surface area contributed by atoms with Crippen molar-refractivity contribution in [3.05, 3.63) is 29.3 Å². The van der Waals surface area contributed by atoms with E-state index in [0.717, 1.165) is 18.3 Å². The van der Waals surface area contributed by atoms with Crippen molar-refractivity contribution in [1.82, 2.24) is 4.90 Å². The molecule has 120 valence electrons. The largest absolute Gasteiger partial charge is 0.508 e. The van der Waals surface area contributed by atoms with Gasteiger partial charge in [0, 0.05) is 24.5 Å². The standard InChI is InChI=1S/C20H29NO/c1-20(2)18-11-17(22)9-7-16(18)8-10-19(20)21(12-14-3-4-14)13-15-5-6-15/h7,9,11,14-15,19,22H,3-6,8,10,12-13H2,1-2H3. The molecular formula is C20H29NO. The number of aryl methyl sites for hydroxylation is 1. The summed E-state index contributed by atoms with van der Waals surface area (Å²) in [5.41, 5.74) is 2.95. The first-order chi connectivity index (χ1) is 10.5. The van der Waals surface area contributed by atoms with E-state index in [9.17, 15) is 5.11 Å². The van der Waals surface area contributed by atoms with Crippen molar-refractivity contribution < 1.29 is 5.11 Å². The second-order valence-electron chi connectivity index (χ2n) is 8.46. The van der Waals surface area contributed by atoms with Gasteiger partial charge < -0.3 is 5.11 Å². The third-order valence-electron chi connectivity index (χ3n) is 6.13. The third kappa shape index (κ3) is 2.78. The van der Waals surface area contributed by atoms with E-state index in [-0.39, 0.29) is 5.41 Å². The van der Waals surface area contributed by atoms with Gasteiger partial charge in [-0.05, 0) is 73.6 Å². The summed E-state index contributed by atoms with van der Waals surface area (Å²) in [5.74, 6) is 2.34. The Bertz CT molecular complexity index is 543. The Morgan fingerprint density at radius 1 is 1.05 bits per heavy atom. The van der Waals surface area contributed by atoms with Gasteiger partial charge in [-0.2, -0.15) is 0 Å². The molecule has 1 aromatic carbocycles. The molecule has 4 rings (SSSR count). The smallest absolute Gasteiger partial charge is 0.115 e. The maximum absolute atomic E-state index is 9.94. The first-order valence-electron chi connectivity index (χ1n) is 9.10. The average molecular weight is 299 g/mol. The molecule has 1 aromatic rings. The van der Waals surface area contributed by atoms with Crippen molar-refractivity contribution in [2.75, 3.05) is 13.1 Å². The van der Waals surface area contributed by atoms with E-state index < -0.39 is 0 Å². The van der Waals surface area contributed by atoms with Crippen molar-refractivity contribution in [2.24, 2.45) is 11.8 Å². The van der Waals surface area contributed by atoms with Gasteiger partial charge in [0.05, 0.1) is 0 Å². The predicted molar refractivity (Wildman–Crippen MR) is 90.3 cm³/mol. The molecule has 0 bridgehead atoms. The van der Waals surface area contributed by atoms with Crippen LogP contribution in [0.4, 0.5) is 0 Å². The number of phenols is 1. The molecule has 0 aromatic heterocycles. The van der Waals surface area contributed by atoms with Crippen LogP contribution in [0.3, 0.4) is 0 Å². The second-order valence-corrected chi connectivity index (χ2v) is 8.46. The minimum Gasteiger partial charge on any atom is -0.508 e. The maximum atomic E-state index is 9.94. The lowest BCUT2D eigenvalue weighted by Crippen LogP contribution is -2.51. The predicted octanol–water partition coefficient (Wildman–Crippen LogP) is 4.11. The molecular weight excluding hydrogens is 270 g/mol. The number of benzene rings is 1. The highest BCUT2D eigenvalue weighted by atomic mass is 16.3. The number of hydrogen-bond acceptors (Lipinski definition) is 2. The fraction of sp³-hybridized carbons (Fsp3) is 0.700. The number of phenolic OH excluding ortho intramolecular Hbond substituents is 1. The number of aromatic hydroxyl groups is 1. The number of fused-ring (bicyclic) bond motifs is 1. The van der Waals surface area contributed by atoms with Gasteiger partial charge in [-0.25, -0.2) is 0 Å². The van der Waals surface area contributed by atoms with E-state index in [1.165, 1.54) is 56.3 Å². The summed E-state index contributed by atoms with van der Waals surface area (Å²) in [6, 6.07) is 6.63. The molecule has 1 N–H and O–H groups in total. The van der Waals surface area contributed by atoms with Gasteiger partial charge in [-0.1, -0.05) is 19.9 Å². The Morgan fingerprint density at radius 3 is 2.27 bits per heavy atom. The normalized spacial score (nSPS) is 27.0. The van der Waals surface area contributed by atoms with E-state index in [2.05, 4.69) is 24.8 Å². The van der Waals surface area contributed by atoms with E-state index in [4.69, 9.17) is 0 Å². The lowest BCUT2D eigenvalue weighted by Gasteiger charge is -2.47. The van der Waals surface area contributed by atoms with E-state index in [1.54, 1.807) is 0 Å². The molecule has 2 fully saturated rings. The van der Waals surface area contributed by atoms with E-state index >= 15 is 0 Å². The minimum absolute atomic E-state index is 0.135. The summed E-state index contributed by atoms with van der Waals surface area (Å²) >= 11 is 0. The van der Waals surface area contributed by atoms with Crippen molar-refractivity contribution in [3.63, 3.8) is 0 Å². The van der Waals surface area contributed by atoms with Gasteiger partial charge in [0.1, 0.15) is 5.75 Å². The highest BCUT2D eigenvalue weighted by molar-refractivity contribution is 5.42. The number of rotatable bonds is 5. The summed E-state index contributed by atoms with van der Waals surface area (Å²) in [5, 5.41) is 9.94. The minimum atomic E-state index is 0.135. The Morgan fingerprint density at radius 2 is 1.68 bits per heavy atom. The van der Waals surface area contributed by atoms with E-state index in [1.807, 2.05) is 12.1 Å². The fourth-order valence-electron chi connectivity index (χ4n) is 4.45. The molecule has 2 nitrogen and oxygen atoms in total. The zero-order chi connectivity index (χ0) is 15.3. The summed E-state index contributed by atoms with van der Waals surface area (Å²) < 4.78 is 0. The molecule has 2 heteroatoms. The molecule has 1 unspecified atom stereocenters. The van der Waals surface area contributed by atoms with Gasteiger partial charge in [-0.15, -0.1) is 0 Å². The molecule has 3 aliphatic rings. The molecule has 3 aliphatic carbocycles. The van der Waals surface area contributed by atoms with Crippen LogP contribution in [0.2, 0.25) is 0 Å². The van der Waals surface area contributed by atoms with Crippen molar-refractivity contribution in [3.8, 4) is 5.75 Å². The Hall–Kier alpha value is -1.02. The number of hydrogen-bond donors (Lipinski definition) is 1. The van der Waals surface area contributed by atoms with Crippen LogP contribution < -0.4 is 0 Å². The van der Waals surface area contributed by atoms with Crippen molar-refractivity contribution >= 4 is 0 Å². The summed E-state index contributed by atoms with van der Waals surface area (Å²) in [6.07, 6.45) is 8.18. The fourth-order valence-corrected chi connectivity index (χ4v) is 4.45. The highest BCUT2D eigenvalue weighted by Crippen LogP contribution is 2.44. The molecule has 0 aliphatic heterocycles. The first kappa shape index (κ1) is 14.6. The molecule has 22 heavy (non-hydrogen) atoms. The molecule has 0 spiro atoms. The van der Waals surface area contributed by atoms with Crippen LogP contribution in [-0.2, 0) is 11.8 Å². The first-order valence-corrected chi connectivity index (χ1v) is 9.10. The van der Waals surface area contributed by atoms with Gasteiger partial charge in [0.15, 0.2) is 0 Å². The average Bonchev–Trinajstić information content (AvgIpc) is 3.35. The molecule has 0 heterocycles. The molecule has 2 saturated carbocycles. The zero-order valence-electron chi connectivity index (χ0n) is 14.0. The van der Waals surface area contributed by atoms with Crippen LogP contribution in [0, 0.1) is 11.8 Å². The molecule has 1 atom stereocenters. The maximum Gasteiger partial charge on any atom is 0.115 e. The molecule has 0 radical (unpaired) electrons. The van der Waals surface area contributed by atoms with Gasteiger partial charge in [-0.3, -0.25) is 4.90 Å². The SMILES string of the molecule is CC1(C)c2cc(O)ccc2CCC1N(CC1CC1)CC1CC1. The Balaban J connectivity index is 1.62. The zero-order valence-corrected chi connectivity index (χ0v) is 14.0. The lowest BCUT2D eigenvalue weighted by atomic mass is 9.68. The van der Waals surface area contributed by atoms with Gasteiger partial charge in [0.25, 0.3) is 0 Å². The third-order valence-corrected chi connectivity index (χ3v) is 6.13. The summed E-state index contributed by atoms with van der Waals surface area (Å²) in [7, 11) is 0. The Kier molecular flexibility index (Phi) is 3.48. The van der Waals surface area contributed by atoms with Crippen LogP contribution in [0.1, 0.15) is 57.1 Å². The monoisotopic (exact) mass is 299 g/mol. The van der Waals surface area contributed by atoms with E-state index in [0.29, 0.717) is 11.8 Å². The van der Waals surface area contributed by atoms with Crippen LogP contribution in [0.25, 0.3) is 0 Å². The van der Waals surface area contributed by atoms with Gasteiger partial charge >= 0.3 is 0 Å². The summed E-state index contributed by atoms with van der Waals surface area (Å²) in [4.78, 5) is 2.82. The quantitative estimate of drug-likeness (QED) is 0.884. The van der Waals surface area contributed by atoms with Crippen molar-refractivity contribution in [1.29, 1.82) is 0 Å². The van der Waals surface area contributed by atoms with Crippen LogP contribution in [0.5, 0.6) is 5.75 Å². The number of nitrogens with zero attached hydrogens (tertiary/aromatic N) is 1. The van der Waals surface area contributed by atoms with Crippen LogP contribution in [0.15, 0.2) is 18.2 Å². The van der Waals surface area contributed by atoms with Crippen molar-refractivity contribution in [2.45, 2.75) is 63.8 Å².